The number of hydrogen-bond donors (Lipinski definition) is 3. The molecule has 3 aromatic heterocycles. The van der Waals surface area contributed by atoms with E-state index in [9.17, 15) is 0 Å². The number of nitrogens with zero attached hydrogens (tertiary/aromatic N) is 5. The van der Waals surface area contributed by atoms with Gasteiger partial charge in [-0.2, -0.15) is 9.97 Å². The van der Waals surface area contributed by atoms with Gasteiger partial charge in [0, 0.05) is 44.5 Å². The Morgan fingerprint density at radius 2 is 1.97 bits per heavy atom. The van der Waals surface area contributed by atoms with E-state index in [0.29, 0.717) is 35.9 Å². The van der Waals surface area contributed by atoms with Crippen molar-refractivity contribution in [1.29, 1.82) is 0 Å². The zero-order valence-corrected chi connectivity index (χ0v) is 20.3. The van der Waals surface area contributed by atoms with E-state index in [1.54, 1.807) is 13.3 Å². The molecule has 0 unspecified atom stereocenters. The second-order valence-corrected chi connectivity index (χ2v) is 9.34. The Balaban J connectivity index is 1.20. The summed E-state index contributed by atoms with van der Waals surface area (Å²) >= 11 is 0. The van der Waals surface area contributed by atoms with Crippen molar-refractivity contribution in [1.82, 2.24) is 35.1 Å². The van der Waals surface area contributed by atoms with Crippen LogP contribution in [0.25, 0.3) is 22.3 Å². The number of benzene rings is 1. The molecule has 1 saturated carbocycles. The molecule has 1 aliphatic heterocycles. The first kappa shape index (κ1) is 22.7. The average Bonchev–Trinajstić information content (AvgIpc) is 3.66. The molecule has 4 heterocycles. The number of ether oxygens (including phenoxy) is 2. The number of aromatic nitrogens is 5. The fraction of sp³-hybridized carbons (Fsp3) is 0.385. The van der Waals surface area contributed by atoms with Crippen molar-refractivity contribution >= 4 is 22.8 Å². The topological polar surface area (TPSA) is 113 Å². The Morgan fingerprint density at radius 3 is 2.81 bits per heavy atom. The van der Waals surface area contributed by atoms with Crippen molar-refractivity contribution in [2.75, 3.05) is 45.2 Å². The molecule has 2 aliphatic rings. The van der Waals surface area contributed by atoms with Crippen molar-refractivity contribution in [3.63, 3.8) is 0 Å². The average molecular weight is 487 g/mol. The molecule has 0 spiro atoms. The second kappa shape index (κ2) is 10.1. The first-order chi connectivity index (χ1) is 17.7. The molecule has 2 fully saturated rings. The lowest BCUT2D eigenvalue weighted by molar-refractivity contribution is 0.233. The fourth-order valence-electron chi connectivity index (χ4n) is 4.36. The molecule has 6 rings (SSSR count). The second-order valence-electron chi connectivity index (χ2n) is 9.34. The van der Waals surface area contributed by atoms with Crippen LogP contribution in [-0.2, 0) is 6.54 Å². The molecule has 4 aromatic rings. The summed E-state index contributed by atoms with van der Waals surface area (Å²) in [6, 6.07) is 10.5. The van der Waals surface area contributed by atoms with Gasteiger partial charge in [-0.05, 0) is 48.6 Å². The first-order valence-electron chi connectivity index (χ1n) is 12.4. The Hall–Kier alpha value is -3.76. The molecule has 1 saturated heterocycles. The minimum atomic E-state index is 0.372. The maximum atomic E-state index is 5.79. The van der Waals surface area contributed by atoms with Gasteiger partial charge in [0.15, 0.2) is 5.75 Å². The molecule has 36 heavy (non-hydrogen) atoms. The molecule has 1 aromatic carbocycles. The molecule has 0 bridgehead atoms. The first-order valence-corrected chi connectivity index (χ1v) is 12.4. The zero-order valence-electron chi connectivity index (χ0n) is 20.3. The van der Waals surface area contributed by atoms with Crippen LogP contribution in [0.1, 0.15) is 18.4 Å². The predicted molar refractivity (Wildman–Crippen MR) is 138 cm³/mol. The van der Waals surface area contributed by atoms with Crippen LogP contribution in [0, 0.1) is 5.92 Å². The Labute approximate surface area is 209 Å². The third-order valence-corrected chi connectivity index (χ3v) is 6.54. The van der Waals surface area contributed by atoms with Gasteiger partial charge in [0.2, 0.25) is 5.95 Å². The largest absolute Gasteiger partial charge is 0.493 e. The molecule has 1 aliphatic carbocycles. The molecule has 10 nitrogen and oxygen atoms in total. The Kier molecular flexibility index (Phi) is 6.35. The number of imidazole rings is 1. The van der Waals surface area contributed by atoms with Crippen molar-refractivity contribution in [3.8, 4) is 23.0 Å². The van der Waals surface area contributed by atoms with E-state index in [1.807, 2.05) is 24.4 Å². The highest BCUT2D eigenvalue weighted by molar-refractivity contribution is 5.84. The molecule has 0 radical (unpaired) electrons. The molecule has 10 heteroatoms. The number of nitrogens with one attached hydrogen (secondary N) is 3. The summed E-state index contributed by atoms with van der Waals surface area (Å²) in [7, 11) is 1.62. The number of H-pyrrole nitrogens is 1. The van der Waals surface area contributed by atoms with Crippen LogP contribution < -0.4 is 20.1 Å². The molecule has 186 valence electrons. The van der Waals surface area contributed by atoms with Crippen molar-refractivity contribution < 1.29 is 9.47 Å². The minimum Gasteiger partial charge on any atom is -0.493 e. The third-order valence-electron chi connectivity index (χ3n) is 6.54. The highest BCUT2D eigenvalue weighted by atomic mass is 16.5. The summed E-state index contributed by atoms with van der Waals surface area (Å²) in [6.45, 7) is 5.75. The number of piperazine rings is 1. The number of aromatic amines is 1. The number of methoxy groups -OCH3 is 1. The summed E-state index contributed by atoms with van der Waals surface area (Å²) in [5.41, 5.74) is 4.53. The van der Waals surface area contributed by atoms with E-state index in [-0.39, 0.29) is 0 Å². The quantitative estimate of drug-likeness (QED) is 0.328. The van der Waals surface area contributed by atoms with Gasteiger partial charge in [0.1, 0.15) is 11.5 Å². The predicted octanol–water partition coefficient (Wildman–Crippen LogP) is 3.36. The van der Waals surface area contributed by atoms with Crippen LogP contribution >= 0.6 is 0 Å². The monoisotopic (exact) mass is 486 g/mol. The molecule has 3 N–H and O–H groups in total. The number of rotatable bonds is 9. The molecule has 0 atom stereocenters. The summed E-state index contributed by atoms with van der Waals surface area (Å²) < 4.78 is 11.3. The molecule has 0 amide bonds. The zero-order chi connectivity index (χ0) is 24.3. The van der Waals surface area contributed by atoms with Crippen molar-refractivity contribution in [3.05, 3.63) is 48.3 Å². The van der Waals surface area contributed by atoms with E-state index in [1.165, 1.54) is 18.4 Å². The maximum Gasteiger partial charge on any atom is 0.317 e. The van der Waals surface area contributed by atoms with E-state index in [4.69, 9.17) is 14.5 Å². The maximum absolute atomic E-state index is 5.79. The standard InChI is InChI=1S/C26H30N8O2/c1-35-22-14-29-26(36-16-17-2-3-17)33-24(22)19-4-5-20-21(13-19)31-25(30-20)32-23-12-18(6-7-28-23)15-34-10-8-27-9-11-34/h4-7,12-14,17,27H,2-3,8-11,15-16H2,1H3,(H2,28,30,31,32). The van der Waals surface area contributed by atoms with Crippen molar-refractivity contribution in [2.24, 2.45) is 5.92 Å². The lowest BCUT2D eigenvalue weighted by Crippen LogP contribution is -2.42. The van der Waals surface area contributed by atoms with Gasteiger partial charge in [0.05, 0.1) is 30.9 Å². The Morgan fingerprint density at radius 1 is 1.08 bits per heavy atom. The summed E-state index contributed by atoms with van der Waals surface area (Å²) in [6.07, 6.45) is 5.93. The van der Waals surface area contributed by atoms with E-state index < -0.39 is 0 Å². The normalized spacial score (nSPS) is 16.2. The summed E-state index contributed by atoms with van der Waals surface area (Å²) in [5, 5.41) is 6.71. The van der Waals surface area contributed by atoms with Crippen LogP contribution in [0.5, 0.6) is 11.8 Å². The van der Waals surface area contributed by atoms with E-state index in [0.717, 1.165) is 55.1 Å². The minimum absolute atomic E-state index is 0.372. The van der Waals surface area contributed by atoms with E-state index >= 15 is 0 Å². The fourth-order valence-corrected chi connectivity index (χ4v) is 4.36. The van der Waals surface area contributed by atoms with Gasteiger partial charge in [0.25, 0.3) is 0 Å². The van der Waals surface area contributed by atoms with Crippen molar-refractivity contribution in [2.45, 2.75) is 19.4 Å². The smallest absolute Gasteiger partial charge is 0.317 e. The van der Waals surface area contributed by atoms with Gasteiger partial charge < -0.3 is 25.1 Å². The number of anilines is 2. The van der Waals surface area contributed by atoms with Gasteiger partial charge in [-0.15, -0.1) is 0 Å². The summed E-state index contributed by atoms with van der Waals surface area (Å²) in [5.74, 6) is 2.62. The number of hydrogen-bond acceptors (Lipinski definition) is 9. The lowest BCUT2D eigenvalue weighted by Gasteiger charge is -2.27. The molecular weight excluding hydrogens is 456 g/mol. The van der Waals surface area contributed by atoms with Gasteiger partial charge in [-0.25, -0.2) is 9.97 Å². The third kappa shape index (κ3) is 5.24. The van der Waals surface area contributed by atoms with Crippen LogP contribution in [0.3, 0.4) is 0 Å². The SMILES string of the molecule is COc1cnc(OCC2CC2)nc1-c1ccc2nc(Nc3cc(CN4CCNCC4)ccn3)[nH]c2c1. The molecular formula is C26H30N8O2. The number of pyridine rings is 1. The van der Waals surface area contributed by atoms with Gasteiger partial charge in [-0.3, -0.25) is 4.90 Å². The van der Waals surface area contributed by atoms with E-state index in [2.05, 4.69) is 47.6 Å². The Bertz CT molecular complexity index is 1350. The summed E-state index contributed by atoms with van der Waals surface area (Å²) in [4.78, 5) is 23.9. The highest BCUT2D eigenvalue weighted by Gasteiger charge is 2.23. The van der Waals surface area contributed by atoms with Crippen LogP contribution in [0.2, 0.25) is 0 Å². The van der Waals surface area contributed by atoms with Crippen LogP contribution in [0.4, 0.5) is 11.8 Å². The van der Waals surface area contributed by atoms with Gasteiger partial charge >= 0.3 is 6.01 Å². The van der Waals surface area contributed by atoms with Crippen LogP contribution in [0.15, 0.2) is 42.7 Å². The van der Waals surface area contributed by atoms with Gasteiger partial charge in [-0.1, -0.05) is 6.07 Å². The highest BCUT2D eigenvalue weighted by Crippen LogP contribution is 2.32. The number of fused-ring (bicyclic) bond motifs is 1. The van der Waals surface area contributed by atoms with Crippen LogP contribution in [-0.4, -0.2) is 69.7 Å². The lowest BCUT2D eigenvalue weighted by atomic mass is 10.1.